The summed E-state index contributed by atoms with van der Waals surface area (Å²) in [6, 6.07) is 0. The van der Waals surface area contributed by atoms with Gasteiger partial charge in [0.25, 0.3) is 0 Å². The second-order valence-electron chi connectivity index (χ2n) is 1.89. The second-order valence-corrected chi connectivity index (χ2v) is 2.30. The molecule has 0 aromatic carbocycles. The molecule has 0 aromatic rings. The first-order chi connectivity index (χ1) is 5.24. The zero-order valence-electron chi connectivity index (χ0n) is 5.87. The monoisotopic (exact) mass is 171 g/mol. The summed E-state index contributed by atoms with van der Waals surface area (Å²) < 4.78 is 0. The van der Waals surface area contributed by atoms with Crippen molar-refractivity contribution in [3.63, 3.8) is 0 Å². The van der Waals surface area contributed by atoms with Crippen LogP contribution in [-0.2, 0) is 9.63 Å². The third-order valence-electron chi connectivity index (χ3n) is 1.11. The highest BCUT2D eigenvalue weighted by molar-refractivity contribution is 6.47. The molecule has 0 amide bonds. The van der Waals surface area contributed by atoms with Gasteiger partial charge in [0.2, 0.25) is 0 Å². The van der Waals surface area contributed by atoms with Gasteiger partial charge in [-0.2, -0.15) is 0 Å². The van der Waals surface area contributed by atoms with E-state index >= 15 is 0 Å². The van der Waals surface area contributed by atoms with Gasteiger partial charge in [0, 0.05) is 0 Å². The van der Waals surface area contributed by atoms with E-state index in [1.165, 1.54) is 25.3 Å². The molecule has 0 aliphatic heterocycles. The van der Waals surface area contributed by atoms with Crippen LogP contribution in [0.15, 0.2) is 28.4 Å². The van der Waals surface area contributed by atoms with Gasteiger partial charge in [0.15, 0.2) is 5.78 Å². The SMILES string of the molecule is CO/N=C1\C=CC(=O)C(Cl)=C1. The van der Waals surface area contributed by atoms with Crippen molar-refractivity contribution in [2.45, 2.75) is 0 Å². The topological polar surface area (TPSA) is 38.7 Å². The Bertz CT molecular complexity index is 266. The van der Waals surface area contributed by atoms with Crippen LogP contribution in [0.5, 0.6) is 0 Å². The fraction of sp³-hybridized carbons (Fsp3) is 0.143. The van der Waals surface area contributed by atoms with Crippen LogP contribution in [0.25, 0.3) is 0 Å². The number of rotatable bonds is 1. The maximum absolute atomic E-state index is 10.8. The molecular formula is C7H6ClNO2. The molecular weight excluding hydrogens is 166 g/mol. The maximum atomic E-state index is 10.8. The highest BCUT2D eigenvalue weighted by Crippen LogP contribution is 2.09. The van der Waals surface area contributed by atoms with E-state index in [2.05, 4.69) is 9.99 Å². The third kappa shape index (κ3) is 1.91. The fourth-order valence-corrected chi connectivity index (χ4v) is 0.827. The summed E-state index contributed by atoms with van der Waals surface area (Å²) in [6.07, 6.45) is 4.34. The van der Waals surface area contributed by atoms with Crippen LogP contribution >= 0.6 is 11.6 Å². The summed E-state index contributed by atoms with van der Waals surface area (Å²) in [5.41, 5.74) is 0.539. The van der Waals surface area contributed by atoms with Gasteiger partial charge in [-0.05, 0) is 18.2 Å². The van der Waals surface area contributed by atoms with Gasteiger partial charge in [-0.3, -0.25) is 4.79 Å². The first-order valence-electron chi connectivity index (χ1n) is 2.95. The first kappa shape index (κ1) is 8.01. The van der Waals surface area contributed by atoms with Crippen LogP contribution in [0.3, 0.4) is 0 Å². The molecule has 0 spiro atoms. The summed E-state index contributed by atoms with van der Waals surface area (Å²) in [6.45, 7) is 0. The second kappa shape index (κ2) is 3.34. The van der Waals surface area contributed by atoms with E-state index in [-0.39, 0.29) is 10.8 Å². The van der Waals surface area contributed by atoms with Crippen LogP contribution in [0.4, 0.5) is 0 Å². The molecule has 4 heteroatoms. The summed E-state index contributed by atoms with van der Waals surface area (Å²) in [5.74, 6) is -0.207. The Morgan fingerprint density at radius 2 is 2.27 bits per heavy atom. The molecule has 11 heavy (non-hydrogen) atoms. The number of carbonyl (C=O) groups is 1. The van der Waals surface area contributed by atoms with Crippen LogP contribution in [0, 0.1) is 0 Å². The predicted octanol–water partition coefficient (Wildman–Crippen LogP) is 1.25. The standard InChI is InChI=1S/C7H6ClNO2/c1-11-9-5-2-3-7(10)6(8)4-5/h2-4H,1H3/b9-5+. The molecule has 0 N–H and O–H groups in total. The fourth-order valence-electron chi connectivity index (χ4n) is 0.652. The van der Waals surface area contributed by atoms with E-state index < -0.39 is 0 Å². The highest BCUT2D eigenvalue weighted by atomic mass is 35.5. The van der Waals surface area contributed by atoms with E-state index in [1.54, 1.807) is 0 Å². The number of allylic oxidation sites excluding steroid dienone is 4. The van der Waals surface area contributed by atoms with E-state index in [9.17, 15) is 4.79 Å². The summed E-state index contributed by atoms with van der Waals surface area (Å²) in [4.78, 5) is 15.2. The lowest BCUT2D eigenvalue weighted by molar-refractivity contribution is -0.110. The molecule has 0 aromatic heterocycles. The van der Waals surface area contributed by atoms with E-state index in [0.717, 1.165) is 0 Å². The Balaban J connectivity index is 2.85. The van der Waals surface area contributed by atoms with Gasteiger partial charge in [-0.1, -0.05) is 16.8 Å². The smallest absolute Gasteiger partial charge is 0.197 e. The number of nitrogens with zero attached hydrogens (tertiary/aromatic N) is 1. The number of oxime groups is 1. The van der Waals surface area contributed by atoms with Crippen molar-refractivity contribution >= 4 is 23.1 Å². The van der Waals surface area contributed by atoms with Gasteiger partial charge >= 0.3 is 0 Å². The zero-order chi connectivity index (χ0) is 8.27. The van der Waals surface area contributed by atoms with Gasteiger partial charge in [0.1, 0.15) is 12.8 Å². The normalized spacial score (nSPS) is 20.4. The molecule has 1 rings (SSSR count). The summed E-state index contributed by atoms with van der Waals surface area (Å²) in [5, 5.41) is 3.74. The van der Waals surface area contributed by atoms with E-state index in [1.807, 2.05) is 0 Å². The summed E-state index contributed by atoms with van der Waals surface area (Å²) in [7, 11) is 1.43. The molecule has 3 nitrogen and oxygen atoms in total. The minimum atomic E-state index is -0.207. The Kier molecular flexibility index (Phi) is 2.44. The average Bonchev–Trinajstić information content (AvgIpc) is 1.98. The van der Waals surface area contributed by atoms with Crippen molar-refractivity contribution < 1.29 is 9.63 Å². The molecule has 0 fully saturated rings. The van der Waals surface area contributed by atoms with Crippen molar-refractivity contribution in [2.75, 3.05) is 7.11 Å². The lowest BCUT2D eigenvalue weighted by Crippen LogP contribution is -2.03. The lowest BCUT2D eigenvalue weighted by Gasteiger charge is -1.99. The number of hydrogen-bond acceptors (Lipinski definition) is 3. The molecule has 1 aliphatic rings. The molecule has 0 bridgehead atoms. The number of hydrogen-bond donors (Lipinski definition) is 0. The predicted molar refractivity (Wildman–Crippen MR) is 42.5 cm³/mol. The minimum absolute atomic E-state index is 0.156. The largest absolute Gasteiger partial charge is 0.399 e. The quantitative estimate of drug-likeness (QED) is 0.440. The van der Waals surface area contributed by atoms with Crippen molar-refractivity contribution in [3.8, 4) is 0 Å². The van der Waals surface area contributed by atoms with Crippen molar-refractivity contribution in [3.05, 3.63) is 23.3 Å². The van der Waals surface area contributed by atoms with Gasteiger partial charge in [-0.25, -0.2) is 0 Å². The zero-order valence-corrected chi connectivity index (χ0v) is 6.63. The summed E-state index contributed by atoms with van der Waals surface area (Å²) >= 11 is 5.52. The van der Waals surface area contributed by atoms with Gasteiger partial charge < -0.3 is 4.84 Å². The Hall–Kier alpha value is -1.09. The molecule has 0 heterocycles. The molecule has 0 atom stereocenters. The number of halogens is 1. The van der Waals surface area contributed by atoms with E-state index in [4.69, 9.17) is 11.6 Å². The molecule has 58 valence electrons. The average molecular weight is 172 g/mol. The molecule has 0 saturated carbocycles. The van der Waals surface area contributed by atoms with Gasteiger partial charge in [0.05, 0.1) is 5.03 Å². The minimum Gasteiger partial charge on any atom is -0.399 e. The van der Waals surface area contributed by atoms with E-state index in [0.29, 0.717) is 5.71 Å². The Morgan fingerprint density at radius 1 is 1.55 bits per heavy atom. The van der Waals surface area contributed by atoms with Crippen LogP contribution < -0.4 is 0 Å². The van der Waals surface area contributed by atoms with Crippen molar-refractivity contribution in [1.29, 1.82) is 0 Å². The highest BCUT2D eigenvalue weighted by Gasteiger charge is 2.08. The molecule has 0 radical (unpaired) electrons. The molecule has 0 saturated heterocycles. The number of carbonyl (C=O) groups excluding carboxylic acids is 1. The van der Waals surface area contributed by atoms with Crippen LogP contribution in [-0.4, -0.2) is 18.6 Å². The van der Waals surface area contributed by atoms with Crippen LogP contribution in [0.2, 0.25) is 0 Å². The van der Waals surface area contributed by atoms with Crippen LogP contribution in [0.1, 0.15) is 0 Å². The lowest BCUT2D eigenvalue weighted by atomic mass is 10.2. The maximum Gasteiger partial charge on any atom is 0.197 e. The third-order valence-corrected chi connectivity index (χ3v) is 1.41. The first-order valence-corrected chi connectivity index (χ1v) is 3.32. The van der Waals surface area contributed by atoms with Crippen molar-refractivity contribution in [2.24, 2.45) is 5.16 Å². The number of ketones is 1. The molecule has 1 aliphatic carbocycles. The van der Waals surface area contributed by atoms with Crippen molar-refractivity contribution in [1.82, 2.24) is 0 Å². The Labute approximate surface area is 69.0 Å². The molecule has 0 unspecified atom stereocenters. The Morgan fingerprint density at radius 3 is 2.82 bits per heavy atom. The van der Waals surface area contributed by atoms with Gasteiger partial charge in [-0.15, -0.1) is 0 Å².